The van der Waals surface area contributed by atoms with Crippen molar-refractivity contribution in [2.45, 2.75) is 46.1 Å². The highest BCUT2D eigenvalue weighted by Crippen LogP contribution is 2.27. The van der Waals surface area contributed by atoms with E-state index in [2.05, 4.69) is 15.5 Å². The van der Waals surface area contributed by atoms with Gasteiger partial charge in [-0.2, -0.15) is 0 Å². The maximum absolute atomic E-state index is 13.0. The van der Waals surface area contributed by atoms with Gasteiger partial charge in [0, 0.05) is 24.9 Å². The van der Waals surface area contributed by atoms with Gasteiger partial charge in [-0.25, -0.2) is 0 Å². The summed E-state index contributed by atoms with van der Waals surface area (Å²) in [6.45, 7) is 6.12. The topological polar surface area (TPSA) is 101 Å². The Bertz CT molecular complexity index is 1130. The Labute approximate surface area is 209 Å². The first-order valence-electron chi connectivity index (χ1n) is 11.6. The minimum absolute atomic E-state index is 0.00342. The molecule has 0 saturated carbocycles. The van der Waals surface area contributed by atoms with Gasteiger partial charge in [0.15, 0.2) is 0 Å². The first kappa shape index (κ1) is 26.0. The van der Waals surface area contributed by atoms with Crippen molar-refractivity contribution in [2.24, 2.45) is 0 Å². The third-order valence-electron chi connectivity index (χ3n) is 5.47. The molecule has 3 rings (SSSR count). The number of rotatable bonds is 11. The summed E-state index contributed by atoms with van der Waals surface area (Å²) in [5.74, 6) is -0.883. The molecule has 0 saturated heterocycles. The van der Waals surface area contributed by atoms with Crippen LogP contribution in [-0.4, -0.2) is 46.0 Å². The van der Waals surface area contributed by atoms with Crippen LogP contribution in [0.15, 0.2) is 54.6 Å². The van der Waals surface area contributed by atoms with Crippen LogP contribution in [0, 0.1) is 6.92 Å². The Morgan fingerprint density at radius 1 is 1.00 bits per heavy atom. The molecule has 8 nitrogen and oxygen atoms in total. The number of hydrogen-bond donors (Lipinski definition) is 1. The van der Waals surface area contributed by atoms with Crippen molar-refractivity contribution >= 4 is 34.3 Å². The molecule has 0 bridgehead atoms. The molecule has 184 valence electrons. The lowest BCUT2D eigenvalue weighted by atomic mass is 10.1. The summed E-state index contributed by atoms with van der Waals surface area (Å²) in [6.07, 6.45) is 0.110. The predicted octanol–water partition coefficient (Wildman–Crippen LogP) is 4.78. The number of aryl methyl sites for hydroxylation is 1. The van der Waals surface area contributed by atoms with Crippen LogP contribution in [0.5, 0.6) is 0 Å². The number of carbonyl (C=O) groups excluding carboxylic acids is 3. The lowest BCUT2D eigenvalue weighted by Crippen LogP contribution is -2.36. The highest BCUT2D eigenvalue weighted by Gasteiger charge is 2.23. The maximum Gasteiger partial charge on any atom is 0.306 e. The van der Waals surface area contributed by atoms with Crippen LogP contribution in [0.4, 0.5) is 5.13 Å². The second-order valence-electron chi connectivity index (χ2n) is 8.06. The average molecular weight is 495 g/mol. The van der Waals surface area contributed by atoms with Crippen LogP contribution < -0.4 is 5.32 Å². The molecular weight excluding hydrogens is 464 g/mol. The molecule has 0 fully saturated rings. The van der Waals surface area contributed by atoms with E-state index < -0.39 is 5.97 Å². The number of benzene rings is 2. The van der Waals surface area contributed by atoms with E-state index in [1.54, 1.807) is 11.8 Å². The first-order valence-corrected chi connectivity index (χ1v) is 12.4. The Morgan fingerprint density at radius 3 is 2.40 bits per heavy atom. The van der Waals surface area contributed by atoms with Crippen LogP contribution in [0.25, 0.3) is 10.6 Å². The summed E-state index contributed by atoms with van der Waals surface area (Å²) in [6, 6.07) is 17.2. The van der Waals surface area contributed by atoms with Crippen LogP contribution >= 0.6 is 11.3 Å². The van der Waals surface area contributed by atoms with Crippen molar-refractivity contribution < 1.29 is 19.1 Å². The van der Waals surface area contributed by atoms with Crippen molar-refractivity contribution in [3.8, 4) is 10.6 Å². The van der Waals surface area contributed by atoms with E-state index in [9.17, 15) is 14.4 Å². The molecule has 9 heteroatoms. The maximum atomic E-state index is 13.0. The molecule has 1 aromatic heterocycles. The molecule has 2 aromatic carbocycles. The van der Waals surface area contributed by atoms with Gasteiger partial charge < -0.3 is 15.0 Å². The number of nitrogens with zero attached hydrogens (tertiary/aromatic N) is 3. The molecule has 1 N–H and O–H groups in total. The smallest absolute Gasteiger partial charge is 0.306 e. The average Bonchev–Trinajstić information content (AvgIpc) is 3.32. The number of hydrogen-bond acceptors (Lipinski definition) is 7. The molecular formula is C26H30N4O4S. The molecule has 0 aliphatic rings. The van der Waals surface area contributed by atoms with Gasteiger partial charge >= 0.3 is 5.97 Å². The van der Waals surface area contributed by atoms with E-state index in [1.165, 1.54) is 11.3 Å². The van der Waals surface area contributed by atoms with Crippen molar-refractivity contribution in [2.75, 3.05) is 18.5 Å². The van der Waals surface area contributed by atoms with Gasteiger partial charge in [0.1, 0.15) is 5.01 Å². The summed E-state index contributed by atoms with van der Waals surface area (Å²) < 4.78 is 4.94. The fourth-order valence-corrected chi connectivity index (χ4v) is 4.29. The molecule has 2 amide bonds. The number of nitrogens with one attached hydrogen (secondary N) is 1. The Kier molecular flexibility index (Phi) is 9.48. The Morgan fingerprint density at radius 2 is 1.71 bits per heavy atom. The highest BCUT2D eigenvalue weighted by atomic mass is 32.1. The standard InChI is InChI=1S/C26H30N4O4S/c1-4-34-24(33)15-14-23(32)30(19(3)20-8-6-5-7-9-20)17-16-22(31)27-26-29-28-25(35-26)21-12-10-18(2)11-13-21/h5-13,19H,4,14-17H2,1-3H3,(H,27,29,31)/t19-/m1/s1. The van der Waals surface area contributed by atoms with Crippen LogP contribution in [-0.2, 0) is 19.1 Å². The van der Waals surface area contributed by atoms with E-state index in [0.717, 1.165) is 16.7 Å². The molecule has 0 aliphatic heterocycles. The van der Waals surface area contributed by atoms with Crippen molar-refractivity contribution in [1.82, 2.24) is 15.1 Å². The lowest BCUT2D eigenvalue weighted by Gasteiger charge is -2.29. The van der Waals surface area contributed by atoms with Crippen LogP contribution in [0.2, 0.25) is 0 Å². The fraction of sp³-hybridized carbons (Fsp3) is 0.346. The number of anilines is 1. The van der Waals surface area contributed by atoms with Gasteiger partial charge in [-0.1, -0.05) is 71.5 Å². The number of aromatic nitrogens is 2. The number of amides is 2. The summed E-state index contributed by atoms with van der Waals surface area (Å²) in [5, 5.41) is 12.1. The fourth-order valence-electron chi connectivity index (χ4n) is 3.52. The molecule has 1 heterocycles. The number of esters is 1. The minimum Gasteiger partial charge on any atom is -0.466 e. The van der Waals surface area contributed by atoms with Gasteiger partial charge in [-0.15, -0.1) is 10.2 Å². The molecule has 0 aliphatic carbocycles. The Hall–Kier alpha value is -3.59. The van der Waals surface area contributed by atoms with Gasteiger partial charge in [-0.3, -0.25) is 14.4 Å². The Balaban J connectivity index is 1.62. The van der Waals surface area contributed by atoms with Crippen LogP contribution in [0.3, 0.4) is 0 Å². The van der Waals surface area contributed by atoms with Gasteiger partial charge in [0.05, 0.1) is 19.1 Å². The number of carbonyl (C=O) groups is 3. The van der Waals surface area contributed by atoms with Gasteiger partial charge in [0.2, 0.25) is 16.9 Å². The molecule has 0 spiro atoms. The normalized spacial score (nSPS) is 11.5. The lowest BCUT2D eigenvalue weighted by molar-refractivity contribution is -0.146. The van der Waals surface area contributed by atoms with E-state index in [1.807, 2.05) is 68.4 Å². The van der Waals surface area contributed by atoms with Crippen molar-refractivity contribution in [1.29, 1.82) is 0 Å². The van der Waals surface area contributed by atoms with E-state index in [4.69, 9.17) is 4.74 Å². The monoisotopic (exact) mass is 494 g/mol. The largest absolute Gasteiger partial charge is 0.466 e. The summed E-state index contributed by atoms with van der Waals surface area (Å²) >= 11 is 1.29. The number of ether oxygens (including phenoxy) is 1. The third kappa shape index (κ3) is 7.71. The summed E-state index contributed by atoms with van der Waals surface area (Å²) in [7, 11) is 0. The highest BCUT2D eigenvalue weighted by molar-refractivity contribution is 7.18. The van der Waals surface area contributed by atoms with Crippen LogP contribution in [0.1, 0.15) is 50.3 Å². The summed E-state index contributed by atoms with van der Waals surface area (Å²) in [4.78, 5) is 39.0. The zero-order valence-corrected chi connectivity index (χ0v) is 21.0. The second kappa shape index (κ2) is 12.8. The molecule has 1 atom stereocenters. The molecule has 3 aromatic rings. The molecule has 0 unspecified atom stereocenters. The molecule has 35 heavy (non-hydrogen) atoms. The zero-order valence-electron chi connectivity index (χ0n) is 20.2. The SMILES string of the molecule is CCOC(=O)CCC(=O)N(CCC(=O)Nc1nnc(-c2ccc(C)cc2)s1)[C@H](C)c1ccccc1. The minimum atomic E-state index is -0.411. The van der Waals surface area contributed by atoms with Gasteiger partial charge in [0.25, 0.3) is 0 Å². The molecule has 0 radical (unpaired) electrons. The third-order valence-corrected chi connectivity index (χ3v) is 6.36. The van der Waals surface area contributed by atoms with E-state index >= 15 is 0 Å². The first-order chi connectivity index (χ1) is 16.9. The second-order valence-corrected chi connectivity index (χ2v) is 9.03. The predicted molar refractivity (Wildman–Crippen MR) is 136 cm³/mol. The van der Waals surface area contributed by atoms with Crippen molar-refractivity contribution in [3.63, 3.8) is 0 Å². The van der Waals surface area contributed by atoms with Crippen molar-refractivity contribution in [3.05, 3.63) is 65.7 Å². The van der Waals surface area contributed by atoms with Gasteiger partial charge in [-0.05, 0) is 26.3 Å². The zero-order chi connectivity index (χ0) is 25.2. The van der Waals surface area contributed by atoms with E-state index in [-0.39, 0.29) is 50.3 Å². The quantitative estimate of drug-likeness (QED) is 0.385. The van der Waals surface area contributed by atoms with E-state index in [0.29, 0.717) is 10.1 Å². The summed E-state index contributed by atoms with van der Waals surface area (Å²) in [5.41, 5.74) is 3.03.